The lowest BCUT2D eigenvalue weighted by Gasteiger charge is -2.16. The van der Waals surface area contributed by atoms with Gasteiger partial charge in [0.1, 0.15) is 0 Å². The zero-order valence-corrected chi connectivity index (χ0v) is 16.4. The first-order valence-corrected chi connectivity index (χ1v) is 9.61. The molecule has 1 atom stereocenters. The van der Waals surface area contributed by atoms with Gasteiger partial charge in [0.2, 0.25) is 5.91 Å². The number of nitrogens with zero attached hydrogens (tertiary/aromatic N) is 3. The van der Waals surface area contributed by atoms with E-state index in [-0.39, 0.29) is 11.2 Å². The van der Waals surface area contributed by atoms with Gasteiger partial charge < -0.3 is 0 Å². The third-order valence-corrected chi connectivity index (χ3v) is 5.53. The highest BCUT2D eigenvalue weighted by molar-refractivity contribution is 9.10. The third kappa shape index (κ3) is 4.38. The van der Waals surface area contributed by atoms with E-state index in [2.05, 4.69) is 39.1 Å². The van der Waals surface area contributed by atoms with Crippen molar-refractivity contribution in [3.8, 4) is 0 Å². The van der Waals surface area contributed by atoms with E-state index in [4.69, 9.17) is 0 Å². The second kappa shape index (κ2) is 7.97. The number of thioether (sulfide) groups is 1. The highest BCUT2D eigenvalue weighted by Crippen LogP contribution is 2.29. The molecule has 0 bridgehead atoms. The van der Waals surface area contributed by atoms with Crippen LogP contribution < -0.4 is 0 Å². The predicted molar refractivity (Wildman–Crippen MR) is 108 cm³/mol. The van der Waals surface area contributed by atoms with Crippen molar-refractivity contribution in [2.45, 2.75) is 25.6 Å². The van der Waals surface area contributed by atoms with Gasteiger partial charge in [0, 0.05) is 4.47 Å². The van der Waals surface area contributed by atoms with Crippen molar-refractivity contribution in [2.75, 3.05) is 0 Å². The molecule has 2 aromatic carbocycles. The summed E-state index contributed by atoms with van der Waals surface area (Å²) in [5, 5.41) is 8.97. The van der Waals surface area contributed by atoms with E-state index in [0.29, 0.717) is 11.7 Å². The number of aryl methyl sites for hydroxylation is 1. The molecule has 1 aliphatic heterocycles. The molecular weight excluding hydrogens is 398 g/mol. The molecule has 0 saturated carbocycles. The first-order chi connectivity index (χ1) is 12.0. The number of benzene rings is 2. The third-order valence-electron chi connectivity index (χ3n) is 3.94. The van der Waals surface area contributed by atoms with Gasteiger partial charge >= 0.3 is 0 Å². The summed E-state index contributed by atoms with van der Waals surface area (Å²) in [4.78, 5) is 14.2. The van der Waals surface area contributed by atoms with Crippen molar-refractivity contribution in [3.05, 3.63) is 69.7 Å². The van der Waals surface area contributed by atoms with E-state index in [0.717, 1.165) is 21.2 Å². The molecule has 6 heteroatoms. The molecule has 128 valence electrons. The monoisotopic (exact) mass is 415 g/mol. The van der Waals surface area contributed by atoms with E-state index in [1.165, 1.54) is 11.8 Å². The Bertz CT molecular complexity index is 833. The maximum atomic E-state index is 12.5. The molecule has 1 aliphatic rings. The second-order valence-corrected chi connectivity index (χ2v) is 8.01. The Morgan fingerprint density at radius 1 is 1.20 bits per heavy atom. The molecule has 1 amide bonds. The van der Waals surface area contributed by atoms with Crippen LogP contribution in [0.15, 0.2) is 63.2 Å². The number of amidine groups is 1. The van der Waals surface area contributed by atoms with Gasteiger partial charge in [-0.05, 0) is 42.7 Å². The van der Waals surface area contributed by atoms with Crippen molar-refractivity contribution in [1.82, 2.24) is 4.90 Å². The first-order valence-electron chi connectivity index (χ1n) is 7.94. The fourth-order valence-corrected chi connectivity index (χ4v) is 3.65. The summed E-state index contributed by atoms with van der Waals surface area (Å²) in [7, 11) is 0. The van der Waals surface area contributed by atoms with Gasteiger partial charge in [-0.1, -0.05) is 64.1 Å². The Kier molecular flexibility index (Phi) is 5.71. The average Bonchev–Trinajstić information content (AvgIpc) is 2.86. The number of carbonyl (C=O) groups excluding carboxylic acids is 1. The largest absolute Gasteiger partial charge is 0.284 e. The Morgan fingerprint density at radius 3 is 2.64 bits per heavy atom. The van der Waals surface area contributed by atoms with E-state index in [9.17, 15) is 4.79 Å². The quantitative estimate of drug-likeness (QED) is 0.540. The van der Waals surface area contributed by atoms with Gasteiger partial charge in [-0.25, -0.2) is 0 Å². The summed E-state index contributed by atoms with van der Waals surface area (Å²) < 4.78 is 1.02. The molecule has 0 spiro atoms. The van der Waals surface area contributed by atoms with Crippen LogP contribution in [0.25, 0.3) is 0 Å². The molecule has 1 saturated heterocycles. The van der Waals surface area contributed by atoms with Crippen molar-refractivity contribution < 1.29 is 4.79 Å². The van der Waals surface area contributed by atoms with Crippen LogP contribution in [0.1, 0.15) is 23.6 Å². The van der Waals surface area contributed by atoms with Crippen LogP contribution in [-0.2, 0) is 11.3 Å². The number of halogens is 1. The number of carbonyl (C=O) groups is 1. The van der Waals surface area contributed by atoms with E-state index in [1.54, 1.807) is 11.1 Å². The lowest BCUT2D eigenvalue weighted by Crippen LogP contribution is -2.31. The van der Waals surface area contributed by atoms with Gasteiger partial charge in [-0.2, -0.15) is 5.10 Å². The lowest BCUT2D eigenvalue weighted by atomic mass is 10.1. The molecule has 0 aliphatic carbocycles. The van der Waals surface area contributed by atoms with E-state index in [1.807, 2.05) is 49.4 Å². The minimum Gasteiger partial charge on any atom is -0.284 e. The lowest BCUT2D eigenvalue weighted by molar-refractivity contribution is -0.126. The van der Waals surface area contributed by atoms with Gasteiger partial charge in [-0.15, -0.1) is 5.10 Å². The maximum absolute atomic E-state index is 12.5. The SMILES string of the molecule is Cc1ccccc1CN1C(=O)[C@@H](C)S/C1=N/N=C\c1ccc(Br)cc1. The second-order valence-electron chi connectivity index (χ2n) is 5.79. The summed E-state index contributed by atoms with van der Waals surface area (Å²) in [6.45, 7) is 4.48. The van der Waals surface area contributed by atoms with Crippen molar-refractivity contribution in [3.63, 3.8) is 0 Å². The predicted octanol–water partition coefficient (Wildman–Crippen LogP) is 4.61. The number of amides is 1. The Morgan fingerprint density at radius 2 is 1.92 bits per heavy atom. The van der Waals surface area contributed by atoms with Crippen molar-refractivity contribution in [1.29, 1.82) is 0 Å². The summed E-state index contributed by atoms with van der Waals surface area (Å²) in [5.74, 6) is 0.0749. The van der Waals surface area contributed by atoms with Crippen LogP contribution in [0.4, 0.5) is 0 Å². The van der Waals surface area contributed by atoms with Crippen LogP contribution >= 0.6 is 27.7 Å². The highest BCUT2D eigenvalue weighted by atomic mass is 79.9. The molecule has 0 aromatic heterocycles. The molecule has 0 unspecified atom stereocenters. The molecule has 0 N–H and O–H groups in total. The Hall–Kier alpha value is -1.92. The van der Waals surface area contributed by atoms with Crippen LogP contribution in [0.3, 0.4) is 0 Å². The first kappa shape index (κ1) is 17.9. The fraction of sp³-hybridized carbons (Fsp3) is 0.211. The van der Waals surface area contributed by atoms with Crippen LogP contribution in [0.2, 0.25) is 0 Å². The standard InChI is InChI=1S/C19H18BrN3OS/c1-13-5-3-4-6-16(13)12-23-18(24)14(2)25-19(23)22-21-11-15-7-9-17(20)10-8-15/h3-11,14H,12H2,1-2H3/b21-11-,22-19+/t14-/m1/s1. The van der Waals surface area contributed by atoms with E-state index >= 15 is 0 Å². The van der Waals surface area contributed by atoms with Gasteiger partial charge in [0.05, 0.1) is 18.0 Å². The van der Waals surface area contributed by atoms with Crippen molar-refractivity contribution >= 4 is 45.0 Å². The molecule has 0 radical (unpaired) electrons. The van der Waals surface area contributed by atoms with Crippen LogP contribution in [0, 0.1) is 6.92 Å². The van der Waals surface area contributed by atoms with Gasteiger partial charge in [-0.3, -0.25) is 9.69 Å². The molecule has 2 aromatic rings. The summed E-state index contributed by atoms with van der Waals surface area (Å²) in [6, 6.07) is 15.9. The van der Waals surface area contributed by atoms with Crippen LogP contribution in [-0.4, -0.2) is 27.4 Å². The molecule has 1 heterocycles. The number of hydrogen-bond acceptors (Lipinski definition) is 4. The summed E-state index contributed by atoms with van der Waals surface area (Å²) in [5.41, 5.74) is 3.24. The zero-order valence-electron chi connectivity index (χ0n) is 14.0. The Balaban J connectivity index is 1.79. The number of rotatable bonds is 4. The molecule has 3 rings (SSSR count). The van der Waals surface area contributed by atoms with E-state index < -0.39 is 0 Å². The van der Waals surface area contributed by atoms with Crippen molar-refractivity contribution in [2.24, 2.45) is 10.2 Å². The minimum absolute atomic E-state index is 0.0749. The smallest absolute Gasteiger partial charge is 0.242 e. The van der Waals surface area contributed by atoms with Gasteiger partial charge in [0.25, 0.3) is 0 Å². The molecule has 1 fully saturated rings. The minimum atomic E-state index is -0.134. The average molecular weight is 416 g/mol. The summed E-state index contributed by atoms with van der Waals surface area (Å²) in [6.07, 6.45) is 1.69. The summed E-state index contributed by atoms with van der Waals surface area (Å²) >= 11 is 4.86. The molecule has 4 nitrogen and oxygen atoms in total. The normalized spacial score (nSPS) is 19.3. The zero-order chi connectivity index (χ0) is 17.8. The molecule has 25 heavy (non-hydrogen) atoms. The highest BCUT2D eigenvalue weighted by Gasteiger charge is 2.35. The van der Waals surface area contributed by atoms with Gasteiger partial charge in [0.15, 0.2) is 5.17 Å². The van der Waals surface area contributed by atoms with Crippen LogP contribution in [0.5, 0.6) is 0 Å². The fourth-order valence-electron chi connectivity index (χ4n) is 2.46. The Labute approximate surface area is 160 Å². The molecular formula is C19H18BrN3OS. The number of hydrogen-bond donors (Lipinski definition) is 0. The maximum Gasteiger partial charge on any atom is 0.242 e. The topological polar surface area (TPSA) is 45.0 Å².